The Morgan fingerprint density at radius 3 is 2.41 bits per heavy atom. The highest BCUT2D eigenvalue weighted by atomic mass is 16.6. The molecule has 1 heterocycles. The fourth-order valence-corrected chi connectivity index (χ4v) is 4.98. The van der Waals surface area contributed by atoms with Gasteiger partial charge in [0.15, 0.2) is 0 Å². The average Bonchev–Trinajstić information content (AvgIpc) is 3.56. The molecule has 1 aromatic heterocycles. The van der Waals surface area contributed by atoms with E-state index in [1.807, 2.05) is 12.1 Å². The Morgan fingerprint density at radius 2 is 1.76 bits per heavy atom. The summed E-state index contributed by atoms with van der Waals surface area (Å²) in [6.45, 7) is 0. The van der Waals surface area contributed by atoms with Crippen LogP contribution in [-0.2, 0) is 16.0 Å². The van der Waals surface area contributed by atoms with Crippen molar-refractivity contribution in [2.24, 2.45) is 11.8 Å². The molecule has 2 saturated carbocycles. The summed E-state index contributed by atoms with van der Waals surface area (Å²) in [6.07, 6.45) is 7.94. The molecular weight excluding hydrogens is 434 g/mol. The van der Waals surface area contributed by atoms with E-state index in [-0.39, 0.29) is 23.7 Å². The van der Waals surface area contributed by atoms with Crippen molar-refractivity contribution in [3.05, 3.63) is 59.9 Å². The number of benzene rings is 1. The minimum atomic E-state index is -1.29. The van der Waals surface area contributed by atoms with E-state index in [4.69, 9.17) is 4.74 Å². The van der Waals surface area contributed by atoms with Crippen molar-refractivity contribution in [2.45, 2.75) is 50.0 Å². The largest absolute Gasteiger partial charge is 0.479 e. The van der Waals surface area contributed by atoms with Crippen molar-refractivity contribution >= 4 is 18.0 Å². The molecule has 0 aliphatic heterocycles. The lowest BCUT2D eigenvalue weighted by molar-refractivity contribution is -0.144. The second kappa shape index (κ2) is 9.83. The Bertz CT molecular complexity index is 1040. The van der Waals surface area contributed by atoms with E-state index in [1.165, 1.54) is 4.90 Å². The highest BCUT2D eigenvalue weighted by molar-refractivity contribution is 5.92. The number of aromatic nitrogens is 1. The van der Waals surface area contributed by atoms with Gasteiger partial charge in [-0.1, -0.05) is 25.0 Å². The lowest BCUT2D eigenvalue weighted by Gasteiger charge is -2.32. The number of nitrogens with one attached hydrogen (secondary N) is 1. The van der Waals surface area contributed by atoms with E-state index < -0.39 is 17.6 Å². The minimum absolute atomic E-state index is 0.166. The van der Waals surface area contributed by atoms with Crippen molar-refractivity contribution in [3.63, 3.8) is 0 Å². The molecule has 4 rings (SSSR count). The summed E-state index contributed by atoms with van der Waals surface area (Å²) in [7, 11) is 3.19. The van der Waals surface area contributed by atoms with Crippen molar-refractivity contribution < 1.29 is 24.2 Å². The van der Waals surface area contributed by atoms with Gasteiger partial charge in [0.05, 0.1) is 0 Å². The molecule has 8 heteroatoms. The average molecular weight is 466 g/mol. The van der Waals surface area contributed by atoms with Gasteiger partial charge in [-0.25, -0.2) is 9.59 Å². The molecule has 1 aromatic carbocycles. The van der Waals surface area contributed by atoms with Crippen molar-refractivity contribution in [1.82, 2.24) is 15.2 Å². The number of hydrogen-bond donors (Lipinski definition) is 2. The first-order valence-corrected chi connectivity index (χ1v) is 11.7. The van der Waals surface area contributed by atoms with Crippen LogP contribution in [-0.4, -0.2) is 52.6 Å². The van der Waals surface area contributed by atoms with E-state index >= 15 is 0 Å². The van der Waals surface area contributed by atoms with Crippen LogP contribution in [0.2, 0.25) is 0 Å². The number of amides is 2. The van der Waals surface area contributed by atoms with Gasteiger partial charge >= 0.3 is 12.1 Å². The first kappa shape index (κ1) is 23.7. The van der Waals surface area contributed by atoms with Crippen molar-refractivity contribution in [1.29, 1.82) is 0 Å². The van der Waals surface area contributed by atoms with Crippen LogP contribution in [0.3, 0.4) is 0 Å². The van der Waals surface area contributed by atoms with E-state index in [2.05, 4.69) is 10.3 Å². The maximum atomic E-state index is 13.3. The normalized spacial score (nSPS) is 25.8. The lowest BCUT2D eigenvalue weighted by atomic mass is 9.75. The molecule has 1 unspecified atom stereocenters. The minimum Gasteiger partial charge on any atom is -0.479 e. The zero-order chi connectivity index (χ0) is 24.3. The number of aliphatic carboxylic acids is 1. The Labute approximate surface area is 199 Å². The smallest absolute Gasteiger partial charge is 0.414 e. The fourth-order valence-electron chi connectivity index (χ4n) is 4.98. The number of ether oxygens (including phenoxy) is 1. The molecule has 2 N–H and O–H groups in total. The second-order valence-electron chi connectivity index (χ2n) is 9.56. The van der Waals surface area contributed by atoms with E-state index in [1.54, 1.807) is 50.8 Å². The molecule has 0 saturated heterocycles. The SMILES string of the molecule is CN(C)C(=O)Oc1ccc([C@@H]2CC2(NC(=O)[C@H]2CCCC[C@@H]2Cc2ccncc2)C(=O)O)cc1. The molecule has 2 aliphatic carbocycles. The van der Waals surface area contributed by atoms with Crippen LogP contribution < -0.4 is 10.1 Å². The van der Waals surface area contributed by atoms with Gasteiger partial charge in [-0.15, -0.1) is 0 Å². The first-order chi connectivity index (χ1) is 16.3. The number of rotatable bonds is 7. The van der Waals surface area contributed by atoms with Gasteiger partial charge in [-0.3, -0.25) is 9.78 Å². The predicted octanol–water partition coefficient (Wildman–Crippen LogP) is 3.62. The third-order valence-electron chi connectivity index (χ3n) is 7.03. The monoisotopic (exact) mass is 465 g/mol. The van der Waals surface area contributed by atoms with Crippen LogP contribution in [0, 0.1) is 11.8 Å². The third kappa shape index (κ3) is 5.05. The summed E-state index contributed by atoms with van der Waals surface area (Å²) < 4.78 is 5.23. The summed E-state index contributed by atoms with van der Waals surface area (Å²) in [6, 6.07) is 10.8. The third-order valence-corrected chi connectivity index (χ3v) is 7.03. The molecule has 2 fully saturated rings. The summed E-state index contributed by atoms with van der Waals surface area (Å²) in [5.74, 6) is -1.14. The molecule has 0 spiro atoms. The van der Waals surface area contributed by atoms with Crippen LogP contribution in [0.15, 0.2) is 48.8 Å². The Balaban J connectivity index is 1.44. The number of carbonyl (C=O) groups excluding carboxylic acids is 2. The van der Waals surface area contributed by atoms with Crippen LogP contribution in [0.4, 0.5) is 4.79 Å². The van der Waals surface area contributed by atoms with Gasteiger partial charge in [0, 0.05) is 38.3 Å². The molecule has 2 aromatic rings. The van der Waals surface area contributed by atoms with Gasteiger partial charge < -0.3 is 20.1 Å². The number of nitrogens with zero attached hydrogens (tertiary/aromatic N) is 2. The topological polar surface area (TPSA) is 109 Å². The molecule has 2 amide bonds. The molecule has 4 atom stereocenters. The van der Waals surface area contributed by atoms with Crippen molar-refractivity contribution in [3.8, 4) is 5.75 Å². The standard InChI is InChI=1S/C26H31N3O5/c1-29(2)25(33)34-20-9-7-18(8-10-20)22-16-26(22,24(31)32)28-23(30)21-6-4-3-5-19(21)15-17-11-13-27-14-12-17/h7-14,19,21-22H,3-6,15-16H2,1-2H3,(H,28,30)(H,31,32)/t19-,21+,22+,26?/m1/s1. The zero-order valence-corrected chi connectivity index (χ0v) is 19.6. The Hall–Kier alpha value is -3.42. The van der Waals surface area contributed by atoms with Gasteiger partial charge in [-0.2, -0.15) is 0 Å². The molecule has 8 nitrogen and oxygen atoms in total. The molecule has 0 bridgehead atoms. The van der Waals surface area contributed by atoms with Crippen molar-refractivity contribution in [2.75, 3.05) is 14.1 Å². The maximum absolute atomic E-state index is 13.3. The number of pyridine rings is 1. The molecule has 180 valence electrons. The van der Waals surface area contributed by atoms with Crippen LogP contribution in [0.1, 0.15) is 49.1 Å². The molecule has 0 radical (unpaired) electrons. The highest BCUT2D eigenvalue weighted by Gasteiger charge is 2.62. The highest BCUT2D eigenvalue weighted by Crippen LogP contribution is 2.52. The van der Waals surface area contributed by atoms with Gasteiger partial charge in [0.2, 0.25) is 5.91 Å². The summed E-state index contributed by atoms with van der Waals surface area (Å²) >= 11 is 0. The number of carboxylic acids is 1. The number of carboxylic acid groups (broad SMARTS) is 1. The fraction of sp³-hybridized carbons (Fsp3) is 0.462. The summed E-state index contributed by atoms with van der Waals surface area (Å²) in [5.41, 5.74) is 0.647. The molecular formula is C26H31N3O5. The zero-order valence-electron chi connectivity index (χ0n) is 19.6. The first-order valence-electron chi connectivity index (χ1n) is 11.7. The van der Waals surface area contributed by atoms with E-state index in [9.17, 15) is 19.5 Å². The van der Waals surface area contributed by atoms with Crippen LogP contribution >= 0.6 is 0 Å². The summed E-state index contributed by atoms with van der Waals surface area (Å²) in [5, 5.41) is 12.9. The predicted molar refractivity (Wildman–Crippen MR) is 125 cm³/mol. The number of carbonyl (C=O) groups is 3. The van der Waals surface area contributed by atoms with E-state index in [0.717, 1.165) is 43.2 Å². The van der Waals surface area contributed by atoms with Gasteiger partial charge in [0.25, 0.3) is 0 Å². The number of hydrogen-bond acceptors (Lipinski definition) is 5. The summed E-state index contributed by atoms with van der Waals surface area (Å²) in [4.78, 5) is 42.7. The second-order valence-corrected chi connectivity index (χ2v) is 9.56. The Morgan fingerprint density at radius 1 is 1.09 bits per heavy atom. The quantitative estimate of drug-likeness (QED) is 0.647. The van der Waals surface area contributed by atoms with Crippen LogP contribution in [0.25, 0.3) is 0 Å². The lowest BCUT2D eigenvalue weighted by Crippen LogP contribution is -2.49. The maximum Gasteiger partial charge on any atom is 0.414 e. The van der Waals surface area contributed by atoms with Gasteiger partial charge in [0.1, 0.15) is 11.3 Å². The molecule has 34 heavy (non-hydrogen) atoms. The van der Waals surface area contributed by atoms with E-state index in [0.29, 0.717) is 12.2 Å². The van der Waals surface area contributed by atoms with Gasteiger partial charge in [-0.05, 0) is 67.0 Å². The molecule has 2 aliphatic rings. The van der Waals surface area contributed by atoms with Crippen LogP contribution in [0.5, 0.6) is 5.75 Å². The Kier molecular flexibility index (Phi) is 6.86.